The van der Waals surface area contributed by atoms with E-state index in [4.69, 9.17) is 4.74 Å². The van der Waals surface area contributed by atoms with Crippen molar-refractivity contribution in [3.8, 4) is 5.75 Å². The molecule has 150 valence electrons. The number of piperidine rings is 1. The zero-order valence-corrected chi connectivity index (χ0v) is 16.1. The summed E-state index contributed by atoms with van der Waals surface area (Å²) >= 11 is 0. The van der Waals surface area contributed by atoms with E-state index in [2.05, 4.69) is 5.32 Å². The average molecular weight is 410 g/mol. The maximum Gasteiger partial charge on any atom is 0.255 e. The van der Waals surface area contributed by atoms with Gasteiger partial charge in [0.15, 0.2) is 0 Å². The molecule has 0 saturated carbocycles. The molecule has 0 spiro atoms. The maximum absolute atomic E-state index is 13.8. The first-order valence-electron chi connectivity index (χ1n) is 8.77. The highest BCUT2D eigenvalue weighted by molar-refractivity contribution is 7.89. The number of methoxy groups -OCH3 is 1. The number of benzene rings is 2. The molecule has 6 nitrogen and oxygen atoms in total. The van der Waals surface area contributed by atoms with Crippen LogP contribution in [0, 0.1) is 11.6 Å². The molecule has 1 fully saturated rings. The van der Waals surface area contributed by atoms with Crippen LogP contribution in [0.3, 0.4) is 0 Å². The van der Waals surface area contributed by atoms with Crippen molar-refractivity contribution in [2.75, 3.05) is 25.5 Å². The summed E-state index contributed by atoms with van der Waals surface area (Å²) in [7, 11) is -2.51. The van der Waals surface area contributed by atoms with Crippen LogP contribution < -0.4 is 10.1 Å². The van der Waals surface area contributed by atoms with Crippen molar-refractivity contribution < 1.29 is 26.7 Å². The van der Waals surface area contributed by atoms with E-state index in [1.807, 2.05) is 0 Å². The largest absolute Gasteiger partial charge is 0.495 e. The highest BCUT2D eigenvalue weighted by atomic mass is 32.2. The molecule has 28 heavy (non-hydrogen) atoms. The summed E-state index contributed by atoms with van der Waals surface area (Å²) in [4.78, 5) is 12.3. The van der Waals surface area contributed by atoms with Crippen LogP contribution in [0.2, 0.25) is 0 Å². The molecule has 0 aliphatic carbocycles. The van der Waals surface area contributed by atoms with Gasteiger partial charge in [-0.05, 0) is 43.2 Å². The lowest BCUT2D eigenvalue weighted by Gasteiger charge is -2.26. The second-order valence-electron chi connectivity index (χ2n) is 6.41. The lowest BCUT2D eigenvalue weighted by molar-refractivity contribution is 0.102. The van der Waals surface area contributed by atoms with Gasteiger partial charge in [-0.2, -0.15) is 4.31 Å². The van der Waals surface area contributed by atoms with Gasteiger partial charge in [0.05, 0.1) is 12.8 Å². The Morgan fingerprint density at radius 2 is 1.79 bits per heavy atom. The van der Waals surface area contributed by atoms with Crippen molar-refractivity contribution in [1.82, 2.24) is 4.31 Å². The topological polar surface area (TPSA) is 75.7 Å². The standard InChI is InChI=1S/C19H20F2N2O4S/c1-27-17-8-5-13(19(24)22-16-12-14(20)6-7-15(16)21)11-18(17)28(25,26)23-9-3-2-4-10-23/h5-8,11-12H,2-4,9-10H2,1H3,(H,22,24). The first-order chi connectivity index (χ1) is 13.3. The molecule has 0 aromatic heterocycles. The van der Waals surface area contributed by atoms with Crippen LogP contribution in [0.25, 0.3) is 0 Å². The van der Waals surface area contributed by atoms with E-state index in [0.29, 0.717) is 13.1 Å². The Hall–Kier alpha value is -2.52. The monoisotopic (exact) mass is 410 g/mol. The normalized spacial score (nSPS) is 15.2. The fourth-order valence-corrected chi connectivity index (χ4v) is 4.75. The van der Waals surface area contributed by atoms with E-state index in [9.17, 15) is 22.0 Å². The number of nitrogens with one attached hydrogen (secondary N) is 1. The Morgan fingerprint density at radius 3 is 2.46 bits per heavy atom. The lowest BCUT2D eigenvalue weighted by atomic mass is 10.2. The van der Waals surface area contributed by atoms with Gasteiger partial charge in [-0.25, -0.2) is 17.2 Å². The van der Waals surface area contributed by atoms with Gasteiger partial charge in [-0.15, -0.1) is 0 Å². The van der Waals surface area contributed by atoms with E-state index >= 15 is 0 Å². The van der Waals surface area contributed by atoms with Gasteiger partial charge >= 0.3 is 0 Å². The molecular formula is C19H20F2N2O4S. The molecule has 1 heterocycles. The van der Waals surface area contributed by atoms with E-state index < -0.39 is 27.6 Å². The minimum Gasteiger partial charge on any atom is -0.495 e. The second kappa shape index (κ2) is 8.24. The number of nitrogens with zero attached hydrogens (tertiary/aromatic N) is 1. The maximum atomic E-state index is 13.8. The van der Waals surface area contributed by atoms with Crippen LogP contribution in [-0.4, -0.2) is 38.8 Å². The highest BCUT2D eigenvalue weighted by Gasteiger charge is 2.29. The van der Waals surface area contributed by atoms with Crippen LogP contribution in [0.5, 0.6) is 5.75 Å². The Balaban J connectivity index is 1.94. The van der Waals surface area contributed by atoms with Crippen LogP contribution >= 0.6 is 0 Å². The SMILES string of the molecule is COc1ccc(C(=O)Nc2cc(F)ccc2F)cc1S(=O)(=O)N1CCCCC1. The molecule has 0 bridgehead atoms. The predicted octanol–water partition coefficient (Wildman–Crippen LogP) is 3.40. The molecule has 3 rings (SSSR count). The summed E-state index contributed by atoms with van der Waals surface area (Å²) in [6, 6.07) is 6.60. The third kappa shape index (κ3) is 4.15. The first kappa shape index (κ1) is 20.2. The van der Waals surface area contributed by atoms with Crippen LogP contribution in [0.1, 0.15) is 29.6 Å². The minimum atomic E-state index is -3.85. The van der Waals surface area contributed by atoms with Gasteiger partial charge in [0.2, 0.25) is 10.0 Å². The number of sulfonamides is 1. The van der Waals surface area contributed by atoms with E-state index in [1.165, 1.54) is 29.6 Å². The molecule has 1 saturated heterocycles. The average Bonchev–Trinajstić information content (AvgIpc) is 2.70. The lowest BCUT2D eigenvalue weighted by Crippen LogP contribution is -2.35. The number of carbonyl (C=O) groups is 1. The number of rotatable bonds is 5. The molecule has 0 atom stereocenters. The molecule has 2 aromatic carbocycles. The van der Waals surface area contributed by atoms with Crippen molar-refractivity contribution >= 4 is 21.6 Å². The molecular weight excluding hydrogens is 390 g/mol. The molecule has 1 aliphatic heterocycles. The number of halogens is 2. The van der Waals surface area contributed by atoms with Crippen molar-refractivity contribution in [2.24, 2.45) is 0 Å². The fraction of sp³-hybridized carbons (Fsp3) is 0.316. The Kier molecular flexibility index (Phi) is 5.95. The summed E-state index contributed by atoms with van der Waals surface area (Å²) in [5.41, 5.74) is -0.346. The predicted molar refractivity (Wildman–Crippen MR) is 99.9 cm³/mol. The van der Waals surface area contributed by atoms with Crippen LogP contribution in [0.15, 0.2) is 41.3 Å². The van der Waals surface area contributed by atoms with Crippen LogP contribution in [-0.2, 0) is 10.0 Å². The third-order valence-corrected chi connectivity index (χ3v) is 6.46. The minimum absolute atomic E-state index is 0.0138. The third-order valence-electron chi connectivity index (χ3n) is 4.54. The van der Waals surface area contributed by atoms with Crippen molar-refractivity contribution in [1.29, 1.82) is 0 Å². The number of hydrogen-bond donors (Lipinski definition) is 1. The Morgan fingerprint density at radius 1 is 1.07 bits per heavy atom. The summed E-state index contributed by atoms with van der Waals surface area (Å²) in [6.07, 6.45) is 2.49. The first-order valence-corrected chi connectivity index (χ1v) is 10.2. The van der Waals surface area contributed by atoms with E-state index in [0.717, 1.165) is 37.5 Å². The number of hydrogen-bond acceptors (Lipinski definition) is 4. The Labute approximate surface area is 162 Å². The number of amides is 1. The summed E-state index contributed by atoms with van der Waals surface area (Å²) < 4.78 is 59.6. The van der Waals surface area contributed by atoms with Crippen molar-refractivity contribution in [2.45, 2.75) is 24.2 Å². The van der Waals surface area contributed by atoms with Gasteiger partial charge in [0.1, 0.15) is 22.3 Å². The van der Waals surface area contributed by atoms with Gasteiger partial charge in [-0.3, -0.25) is 4.79 Å². The molecule has 1 amide bonds. The quantitative estimate of drug-likeness (QED) is 0.820. The zero-order chi connectivity index (χ0) is 20.3. The summed E-state index contributed by atoms with van der Waals surface area (Å²) in [6.45, 7) is 0.798. The highest BCUT2D eigenvalue weighted by Crippen LogP contribution is 2.30. The van der Waals surface area contributed by atoms with Gasteiger partial charge in [0, 0.05) is 24.7 Å². The number of carbonyl (C=O) groups excluding carboxylic acids is 1. The van der Waals surface area contributed by atoms with E-state index in [-0.39, 0.29) is 21.9 Å². The molecule has 2 aromatic rings. The van der Waals surface area contributed by atoms with E-state index in [1.54, 1.807) is 0 Å². The zero-order valence-electron chi connectivity index (χ0n) is 15.2. The van der Waals surface area contributed by atoms with Crippen molar-refractivity contribution in [3.63, 3.8) is 0 Å². The smallest absolute Gasteiger partial charge is 0.255 e. The molecule has 0 radical (unpaired) electrons. The second-order valence-corrected chi connectivity index (χ2v) is 8.32. The van der Waals surface area contributed by atoms with Crippen LogP contribution in [0.4, 0.5) is 14.5 Å². The van der Waals surface area contributed by atoms with Crippen molar-refractivity contribution in [3.05, 3.63) is 53.6 Å². The van der Waals surface area contributed by atoms with Gasteiger partial charge in [-0.1, -0.05) is 6.42 Å². The van der Waals surface area contributed by atoms with Gasteiger partial charge < -0.3 is 10.1 Å². The van der Waals surface area contributed by atoms with Gasteiger partial charge in [0.25, 0.3) is 5.91 Å². The fourth-order valence-electron chi connectivity index (χ4n) is 3.05. The molecule has 1 N–H and O–H groups in total. The molecule has 9 heteroatoms. The number of anilines is 1. The summed E-state index contributed by atoms with van der Waals surface area (Å²) in [5.74, 6) is -2.16. The summed E-state index contributed by atoms with van der Waals surface area (Å²) in [5, 5.41) is 2.26. The molecule has 1 aliphatic rings. The number of ether oxygens (including phenoxy) is 1. The Bertz CT molecular complexity index is 989. The molecule has 0 unspecified atom stereocenters.